The largest absolute Gasteiger partial charge is 1.00 e. The van der Waals surface area contributed by atoms with Crippen molar-refractivity contribution in [3.05, 3.63) is 127 Å². The van der Waals surface area contributed by atoms with Gasteiger partial charge in [-0.15, -0.1) is 0 Å². The maximum Gasteiger partial charge on any atom is 1.00 e. The number of carbonyl (C=O) groups excluding carboxylic acids is 2. The molecule has 0 bridgehead atoms. The number of nitro benzene ring substituents is 2. The SMILES string of the molecule is CC1=C(Nc2ccc(Nc3ccc([N+](=O)[O-])cc3S(=O)(=O)[O-])c(C)c2)C(=O)C=C(Nc2ccc(Nc3ccc([N+](=O)[O-])cc3S(=O)(=O)[O-])c(C)c2)C1=O.[Na+].[Na+]. The van der Waals surface area contributed by atoms with Gasteiger partial charge in [-0.2, -0.15) is 0 Å². The molecule has 0 radical (unpaired) electrons. The summed E-state index contributed by atoms with van der Waals surface area (Å²) in [5.74, 6) is -1.05. The van der Waals surface area contributed by atoms with Crippen LogP contribution in [0.25, 0.3) is 0 Å². The van der Waals surface area contributed by atoms with Crippen molar-refractivity contribution in [2.45, 2.75) is 30.6 Å². The molecule has 274 valence electrons. The molecule has 0 aromatic heterocycles. The van der Waals surface area contributed by atoms with Gasteiger partial charge in [-0.25, -0.2) is 16.8 Å². The molecule has 0 saturated heterocycles. The van der Waals surface area contributed by atoms with E-state index in [0.29, 0.717) is 46.0 Å². The van der Waals surface area contributed by atoms with Gasteiger partial charge in [0.15, 0.2) is 0 Å². The summed E-state index contributed by atoms with van der Waals surface area (Å²) in [4.78, 5) is 45.4. The summed E-state index contributed by atoms with van der Waals surface area (Å²) in [6.07, 6.45) is 1.10. The van der Waals surface area contributed by atoms with Crippen LogP contribution in [0.3, 0.4) is 0 Å². The van der Waals surface area contributed by atoms with Crippen LogP contribution in [-0.4, -0.2) is 47.4 Å². The number of aryl methyl sites for hydroxylation is 2. The van der Waals surface area contributed by atoms with Crippen LogP contribution < -0.4 is 80.4 Å². The van der Waals surface area contributed by atoms with Crippen molar-refractivity contribution in [3.8, 4) is 0 Å². The summed E-state index contributed by atoms with van der Waals surface area (Å²) in [6.45, 7) is 4.73. The number of hydrogen-bond acceptors (Lipinski definition) is 16. The Hall–Kier alpha value is -4.48. The average molecular weight is 809 g/mol. The first-order chi connectivity index (χ1) is 24.7. The molecule has 1 aliphatic rings. The van der Waals surface area contributed by atoms with Gasteiger partial charge in [0, 0.05) is 58.7 Å². The van der Waals surface area contributed by atoms with Gasteiger partial charge in [-0.1, -0.05) is 0 Å². The van der Waals surface area contributed by atoms with E-state index in [1.165, 1.54) is 31.2 Å². The van der Waals surface area contributed by atoms with Gasteiger partial charge in [0.2, 0.25) is 11.6 Å². The van der Waals surface area contributed by atoms with Gasteiger partial charge in [-0.05, 0) is 80.4 Å². The number of Topliss-reactive ketones (excluding diaryl/α,β-unsaturated/α-hetero) is 1. The van der Waals surface area contributed by atoms with E-state index in [4.69, 9.17) is 0 Å². The van der Waals surface area contributed by atoms with Crippen LogP contribution in [0, 0.1) is 34.1 Å². The summed E-state index contributed by atoms with van der Waals surface area (Å²) in [5.41, 5.74) is 0.979. The molecule has 0 heterocycles. The molecule has 1 aliphatic carbocycles. The van der Waals surface area contributed by atoms with Gasteiger partial charge in [-0.3, -0.25) is 29.8 Å². The zero-order valence-electron chi connectivity index (χ0n) is 29.6. The molecular weight excluding hydrogens is 783 g/mol. The molecule has 5 rings (SSSR count). The summed E-state index contributed by atoms with van der Waals surface area (Å²) < 4.78 is 70.8. The van der Waals surface area contributed by atoms with Crippen LogP contribution >= 0.6 is 0 Å². The molecule has 0 spiro atoms. The van der Waals surface area contributed by atoms with Gasteiger partial charge < -0.3 is 30.4 Å². The Morgan fingerprint density at radius 3 is 1.35 bits per heavy atom. The second kappa shape index (κ2) is 17.5. The van der Waals surface area contributed by atoms with Crippen LogP contribution in [-0.2, 0) is 29.8 Å². The molecule has 0 unspecified atom stereocenters. The first-order valence-electron chi connectivity index (χ1n) is 15.0. The van der Waals surface area contributed by atoms with Crippen molar-refractivity contribution in [2.75, 3.05) is 21.3 Å². The standard InChI is InChI=1S/C33H28N6O12S2.2Na/c1-17-12-20(4-8-24(17)36-26-10-6-22(38(42)43)14-30(26)52(46,47)48)34-28-16-29(40)32(19(3)33(28)41)35-21-5-9-25(18(2)13-21)37-27-11-7-23(39(44)45)15-31(27)53(49,50)51;;/h4-16,34-37H,1-3H3,(H,46,47,48)(H,49,50,51);;/q;2*+1/p-2. The summed E-state index contributed by atoms with van der Waals surface area (Å²) in [5, 5.41) is 33.6. The molecule has 18 nitrogen and oxygen atoms in total. The van der Waals surface area contributed by atoms with Crippen LogP contribution in [0.15, 0.2) is 106 Å². The van der Waals surface area contributed by atoms with Crippen LogP contribution in [0.4, 0.5) is 45.5 Å². The third-order valence-corrected chi connectivity index (χ3v) is 9.67. The normalized spacial score (nSPS) is 12.9. The zero-order chi connectivity index (χ0) is 39.0. The Kier molecular flexibility index (Phi) is 14.3. The molecule has 4 N–H and O–H groups in total. The Balaban J connectivity index is 0.00000406. The number of nitrogens with one attached hydrogen (secondary N) is 4. The Morgan fingerprint density at radius 1 is 0.564 bits per heavy atom. The van der Waals surface area contributed by atoms with E-state index in [9.17, 15) is 55.8 Å². The van der Waals surface area contributed by atoms with E-state index >= 15 is 0 Å². The topological polar surface area (TPSA) is 283 Å². The fraction of sp³-hybridized carbons (Fsp3) is 0.0909. The fourth-order valence-electron chi connectivity index (χ4n) is 5.24. The van der Waals surface area contributed by atoms with Crippen molar-refractivity contribution in [1.29, 1.82) is 0 Å². The molecule has 22 heteroatoms. The number of carbonyl (C=O) groups is 2. The van der Waals surface area contributed by atoms with E-state index in [1.807, 2.05) is 0 Å². The Labute approximate surface area is 357 Å². The van der Waals surface area contributed by atoms with E-state index in [2.05, 4.69) is 21.3 Å². The minimum atomic E-state index is -5.08. The number of anilines is 6. The molecule has 0 saturated carbocycles. The van der Waals surface area contributed by atoms with Crippen molar-refractivity contribution in [1.82, 2.24) is 0 Å². The number of nitrogens with zero attached hydrogens (tertiary/aromatic N) is 2. The third kappa shape index (κ3) is 10.4. The molecule has 4 aromatic rings. The van der Waals surface area contributed by atoms with Crippen LogP contribution in [0.2, 0.25) is 0 Å². The van der Waals surface area contributed by atoms with Crippen molar-refractivity contribution < 1.29 is 104 Å². The first-order valence-corrected chi connectivity index (χ1v) is 17.8. The van der Waals surface area contributed by atoms with E-state index < -0.39 is 62.8 Å². The quantitative estimate of drug-likeness (QED) is 0.0451. The van der Waals surface area contributed by atoms with Gasteiger partial charge >= 0.3 is 59.1 Å². The molecule has 0 amide bonds. The molecule has 0 aliphatic heterocycles. The smallest absolute Gasteiger partial charge is 0.744 e. The molecule has 0 atom stereocenters. The molecule has 0 fully saturated rings. The van der Waals surface area contributed by atoms with Crippen LogP contribution in [0.1, 0.15) is 18.1 Å². The zero-order valence-corrected chi connectivity index (χ0v) is 35.2. The number of benzene rings is 4. The predicted molar refractivity (Wildman–Crippen MR) is 189 cm³/mol. The summed E-state index contributed by atoms with van der Waals surface area (Å²) in [6, 6.07) is 14.8. The molecule has 4 aromatic carbocycles. The molecule has 55 heavy (non-hydrogen) atoms. The maximum absolute atomic E-state index is 13.3. The minimum Gasteiger partial charge on any atom is -0.744 e. The number of hydrogen-bond donors (Lipinski definition) is 4. The van der Waals surface area contributed by atoms with E-state index in [0.717, 1.165) is 30.3 Å². The Bertz CT molecular complexity index is 2560. The second-order valence-corrected chi connectivity index (χ2v) is 14.3. The van der Waals surface area contributed by atoms with Crippen LogP contribution in [0.5, 0.6) is 0 Å². The van der Waals surface area contributed by atoms with Crippen molar-refractivity contribution in [3.63, 3.8) is 0 Å². The Morgan fingerprint density at radius 2 is 0.964 bits per heavy atom. The molecular formula is C33H26N6Na2O12S2. The van der Waals surface area contributed by atoms with Gasteiger partial charge in [0.05, 0.1) is 42.4 Å². The number of non-ortho nitro benzene ring substituents is 2. The van der Waals surface area contributed by atoms with E-state index in [1.54, 1.807) is 26.0 Å². The maximum atomic E-state index is 13.3. The second-order valence-electron chi connectivity index (χ2n) is 11.6. The third-order valence-electron chi connectivity index (χ3n) is 7.91. The predicted octanol–water partition coefficient (Wildman–Crippen LogP) is -0.743. The number of ketones is 2. The first kappa shape index (κ1) is 44.9. The monoisotopic (exact) mass is 808 g/mol. The number of nitro groups is 2. The summed E-state index contributed by atoms with van der Waals surface area (Å²) in [7, 11) is -10.2. The average Bonchev–Trinajstić information content (AvgIpc) is 3.07. The van der Waals surface area contributed by atoms with Crippen molar-refractivity contribution in [2.24, 2.45) is 0 Å². The fourth-order valence-corrected chi connectivity index (χ4v) is 6.55. The van der Waals surface area contributed by atoms with E-state index in [-0.39, 0.29) is 87.5 Å². The van der Waals surface area contributed by atoms with Gasteiger partial charge in [0.25, 0.3) is 11.4 Å². The van der Waals surface area contributed by atoms with Crippen molar-refractivity contribution >= 4 is 77.3 Å². The number of allylic oxidation sites excluding steroid dienone is 2. The van der Waals surface area contributed by atoms with Gasteiger partial charge in [0.1, 0.15) is 20.2 Å². The minimum absolute atomic E-state index is 0. The summed E-state index contributed by atoms with van der Waals surface area (Å²) >= 11 is 0. The number of rotatable bonds is 12.